The molecule has 7 heteroatoms. The largest absolute Gasteiger partial charge is 0.493 e. The number of amides is 1. The van der Waals surface area contributed by atoms with Gasteiger partial charge in [0.15, 0.2) is 5.82 Å². The number of nitrogens with zero attached hydrogens (tertiary/aromatic N) is 4. The molecule has 1 N–H and O–H groups in total. The van der Waals surface area contributed by atoms with Crippen LogP contribution >= 0.6 is 0 Å². The molecule has 4 rings (SSSR count). The third-order valence-corrected chi connectivity index (χ3v) is 4.77. The summed E-state index contributed by atoms with van der Waals surface area (Å²) in [6.45, 7) is 3.34. The fourth-order valence-corrected chi connectivity index (χ4v) is 3.32. The molecule has 0 bridgehead atoms. The van der Waals surface area contributed by atoms with Gasteiger partial charge < -0.3 is 10.1 Å². The fraction of sp³-hybridized carbons (Fsp3) is 0.273. The van der Waals surface area contributed by atoms with Gasteiger partial charge in [0.05, 0.1) is 30.8 Å². The Morgan fingerprint density at radius 1 is 1.34 bits per heavy atom. The number of hydrogen-bond acceptors (Lipinski definition) is 5. The van der Waals surface area contributed by atoms with Gasteiger partial charge in [-0.05, 0) is 41.7 Å². The summed E-state index contributed by atoms with van der Waals surface area (Å²) < 4.78 is 7.47. The molecule has 0 unspecified atom stereocenters. The molecule has 0 saturated heterocycles. The smallest absolute Gasteiger partial charge is 0.229 e. The van der Waals surface area contributed by atoms with Gasteiger partial charge in [0.25, 0.3) is 0 Å². The van der Waals surface area contributed by atoms with Gasteiger partial charge in [-0.25, -0.2) is 0 Å². The molecule has 29 heavy (non-hydrogen) atoms. The zero-order chi connectivity index (χ0) is 20.2. The lowest BCUT2D eigenvalue weighted by Gasteiger charge is -2.22. The number of hydrogen-bond donors (Lipinski definition) is 1. The fourth-order valence-electron chi connectivity index (χ4n) is 3.32. The standard InChI is InChI=1S/C22H21N5O2/c1-15-8-18-4-2-16(9-20(18)29-14-15)10-22(28)25-21-6-7-27(26-21)13-19-5-3-17(11-23)12-24-19/h2-7,9,12,15H,8,10,13-14H2,1H3,(H,25,26,28)/t15-/m0/s1. The molecular weight excluding hydrogens is 366 g/mol. The first-order chi connectivity index (χ1) is 14.1. The number of nitrogens with one attached hydrogen (secondary N) is 1. The number of rotatable bonds is 5. The van der Waals surface area contributed by atoms with Crippen LogP contribution in [0.3, 0.4) is 0 Å². The van der Waals surface area contributed by atoms with E-state index >= 15 is 0 Å². The van der Waals surface area contributed by atoms with Gasteiger partial charge in [-0.2, -0.15) is 10.4 Å². The molecule has 3 heterocycles. The van der Waals surface area contributed by atoms with E-state index in [1.54, 1.807) is 29.1 Å². The van der Waals surface area contributed by atoms with Gasteiger partial charge >= 0.3 is 0 Å². The summed E-state index contributed by atoms with van der Waals surface area (Å²) in [6, 6.07) is 13.3. The topological polar surface area (TPSA) is 92.8 Å². The maximum atomic E-state index is 12.4. The van der Waals surface area contributed by atoms with Crippen molar-refractivity contribution in [2.45, 2.75) is 26.3 Å². The Balaban J connectivity index is 1.35. The molecule has 0 saturated carbocycles. The van der Waals surface area contributed by atoms with Crippen LogP contribution in [0.4, 0.5) is 5.82 Å². The first-order valence-electron chi connectivity index (χ1n) is 9.52. The van der Waals surface area contributed by atoms with E-state index in [1.807, 2.05) is 24.3 Å². The van der Waals surface area contributed by atoms with Crippen molar-refractivity contribution in [2.75, 3.05) is 11.9 Å². The molecular formula is C22H21N5O2. The summed E-state index contributed by atoms with van der Waals surface area (Å²) in [5.41, 5.74) is 3.41. The molecule has 146 valence electrons. The number of fused-ring (bicyclic) bond motifs is 1. The average Bonchev–Trinajstić information content (AvgIpc) is 3.15. The van der Waals surface area contributed by atoms with Gasteiger partial charge in [-0.3, -0.25) is 14.5 Å². The number of anilines is 1. The second kappa shape index (κ2) is 8.15. The normalized spacial score (nSPS) is 15.1. The highest BCUT2D eigenvalue weighted by molar-refractivity contribution is 5.91. The number of nitriles is 1. The van der Waals surface area contributed by atoms with Crippen LogP contribution in [0.2, 0.25) is 0 Å². The molecule has 7 nitrogen and oxygen atoms in total. The first-order valence-corrected chi connectivity index (χ1v) is 9.52. The summed E-state index contributed by atoms with van der Waals surface area (Å²) in [5.74, 6) is 1.77. The Kier molecular flexibility index (Phi) is 5.25. The highest BCUT2D eigenvalue weighted by Gasteiger charge is 2.17. The maximum absolute atomic E-state index is 12.4. The second-order valence-electron chi connectivity index (χ2n) is 7.34. The summed E-state index contributed by atoms with van der Waals surface area (Å²) >= 11 is 0. The minimum Gasteiger partial charge on any atom is -0.493 e. The van der Waals surface area contributed by atoms with Crippen molar-refractivity contribution in [1.82, 2.24) is 14.8 Å². The van der Waals surface area contributed by atoms with Crippen LogP contribution in [-0.4, -0.2) is 27.3 Å². The van der Waals surface area contributed by atoms with Crippen LogP contribution < -0.4 is 10.1 Å². The summed E-state index contributed by atoms with van der Waals surface area (Å²) in [6.07, 6.45) is 4.58. The predicted octanol–water partition coefficient (Wildman–Crippen LogP) is 2.95. The Bertz CT molecular complexity index is 1070. The molecule has 0 fully saturated rings. The van der Waals surface area contributed by atoms with E-state index in [1.165, 1.54) is 11.8 Å². The van der Waals surface area contributed by atoms with E-state index in [-0.39, 0.29) is 12.3 Å². The third kappa shape index (κ3) is 4.61. The summed E-state index contributed by atoms with van der Waals surface area (Å²) in [4.78, 5) is 16.6. The Morgan fingerprint density at radius 2 is 2.24 bits per heavy atom. The van der Waals surface area contributed by atoms with E-state index in [2.05, 4.69) is 22.3 Å². The average molecular weight is 387 g/mol. The number of carbonyl (C=O) groups is 1. The second-order valence-corrected chi connectivity index (χ2v) is 7.34. The van der Waals surface area contributed by atoms with Crippen molar-refractivity contribution in [3.05, 3.63) is 71.2 Å². The number of pyridine rings is 1. The van der Waals surface area contributed by atoms with E-state index in [0.29, 0.717) is 30.5 Å². The highest BCUT2D eigenvalue weighted by Crippen LogP contribution is 2.28. The Hall–Kier alpha value is -3.66. The number of ether oxygens (including phenoxy) is 1. The lowest BCUT2D eigenvalue weighted by Crippen LogP contribution is -2.19. The quantitative estimate of drug-likeness (QED) is 0.727. The molecule has 0 aliphatic carbocycles. The number of carbonyl (C=O) groups excluding carboxylic acids is 1. The van der Waals surface area contributed by atoms with Crippen LogP contribution in [0.5, 0.6) is 5.75 Å². The number of benzene rings is 1. The first kappa shape index (κ1) is 18.7. The molecule has 1 aromatic carbocycles. The third-order valence-electron chi connectivity index (χ3n) is 4.77. The molecule has 1 aliphatic heterocycles. The van der Waals surface area contributed by atoms with Crippen molar-refractivity contribution in [3.63, 3.8) is 0 Å². The maximum Gasteiger partial charge on any atom is 0.229 e. The van der Waals surface area contributed by atoms with Gasteiger partial charge in [-0.15, -0.1) is 0 Å². The zero-order valence-corrected chi connectivity index (χ0v) is 16.1. The van der Waals surface area contributed by atoms with Crippen molar-refractivity contribution in [2.24, 2.45) is 5.92 Å². The monoisotopic (exact) mass is 387 g/mol. The van der Waals surface area contributed by atoms with Crippen molar-refractivity contribution in [1.29, 1.82) is 5.26 Å². The SMILES string of the molecule is C[C@@H]1COc2cc(CC(=O)Nc3ccn(Cc4ccc(C#N)cn4)n3)ccc2C1. The minimum absolute atomic E-state index is 0.129. The molecule has 1 amide bonds. The van der Waals surface area contributed by atoms with Crippen LogP contribution in [0.1, 0.15) is 29.3 Å². The molecule has 1 aliphatic rings. The molecule has 1 atom stereocenters. The summed E-state index contributed by atoms with van der Waals surface area (Å²) in [5, 5.41) is 16.0. The lowest BCUT2D eigenvalue weighted by molar-refractivity contribution is -0.115. The van der Waals surface area contributed by atoms with Gasteiger partial charge in [-0.1, -0.05) is 19.1 Å². The van der Waals surface area contributed by atoms with Crippen molar-refractivity contribution < 1.29 is 9.53 Å². The van der Waals surface area contributed by atoms with E-state index in [9.17, 15) is 4.79 Å². The molecule has 0 radical (unpaired) electrons. The van der Waals surface area contributed by atoms with Crippen molar-refractivity contribution >= 4 is 11.7 Å². The van der Waals surface area contributed by atoms with E-state index in [4.69, 9.17) is 10.00 Å². The van der Waals surface area contributed by atoms with Gasteiger partial charge in [0.1, 0.15) is 11.8 Å². The zero-order valence-electron chi connectivity index (χ0n) is 16.1. The lowest BCUT2D eigenvalue weighted by atomic mass is 9.96. The van der Waals surface area contributed by atoms with Crippen LogP contribution in [0.15, 0.2) is 48.8 Å². The Labute approximate surface area is 169 Å². The number of aromatic nitrogens is 3. The van der Waals surface area contributed by atoms with Crippen LogP contribution in [-0.2, 0) is 24.2 Å². The van der Waals surface area contributed by atoms with Gasteiger partial charge in [0, 0.05) is 18.5 Å². The van der Waals surface area contributed by atoms with E-state index in [0.717, 1.165) is 23.4 Å². The van der Waals surface area contributed by atoms with E-state index < -0.39 is 0 Å². The molecule has 0 spiro atoms. The molecule has 3 aromatic rings. The van der Waals surface area contributed by atoms with Crippen LogP contribution in [0.25, 0.3) is 0 Å². The summed E-state index contributed by atoms with van der Waals surface area (Å²) in [7, 11) is 0. The predicted molar refractivity (Wildman–Crippen MR) is 107 cm³/mol. The highest BCUT2D eigenvalue weighted by atomic mass is 16.5. The Morgan fingerprint density at radius 3 is 3.03 bits per heavy atom. The van der Waals surface area contributed by atoms with Crippen molar-refractivity contribution in [3.8, 4) is 11.8 Å². The minimum atomic E-state index is -0.129. The van der Waals surface area contributed by atoms with Crippen LogP contribution in [0, 0.1) is 17.2 Å². The molecule has 2 aromatic heterocycles. The van der Waals surface area contributed by atoms with Gasteiger partial charge in [0.2, 0.25) is 5.91 Å².